The molecule has 0 unspecified atom stereocenters. The smallest absolute Gasteiger partial charge is 0.424 e. The third-order valence-electron chi connectivity index (χ3n) is 3.20. The minimum absolute atomic E-state index is 0.186. The highest BCUT2D eigenvalue weighted by Crippen LogP contribution is 2.26. The third-order valence-corrected chi connectivity index (χ3v) is 4.89. The SMILES string of the molecule is CC(C)(C)OC(=O)N(C(=O)OC(C)(C)C)c1ccc(Cl)c(C=N[S@@](=O)C(C)(C)C)c1. The number of amides is 2. The first-order valence-electron chi connectivity index (χ1n) is 9.42. The van der Waals surface area contributed by atoms with Gasteiger partial charge in [-0.3, -0.25) is 0 Å². The number of benzene rings is 1. The maximum absolute atomic E-state index is 12.8. The molecule has 0 aliphatic heterocycles. The molecular weight excluding hydrogens is 428 g/mol. The molecule has 30 heavy (non-hydrogen) atoms. The van der Waals surface area contributed by atoms with Crippen LogP contribution in [0.1, 0.15) is 67.9 Å². The predicted octanol–water partition coefficient (Wildman–Crippen LogP) is 5.90. The molecule has 0 saturated carbocycles. The molecule has 7 nitrogen and oxygen atoms in total. The Morgan fingerprint density at radius 2 is 1.43 bits per heavy atom. The maximum Gasteiger partial charge on any atom is 0.424 e. The lowest BCUT2D eigenvalue weighted by molar-refractivity contribution is 0.0430. The zero-order chi connectivity index (χ0) is 23.5. The van der Waals surface area contributed by atoms with Crippen molar-refractivity contribution >= 4 is 46.7 Å². The van der Waals surface area contributed by atoms with E-state index in [2.05, 4.69) is 4.40 Å². The van der Waals surface area contributed by atoms with Gasteiger partial charge >= 0.3 is 12.2 Å². The molecule has 1 atom stereocenters. The maximum atomic E-state index is 12.8. The van der Waals surface area contributed by atoms with E-state index in [0.717, 1.165) is 4.90 Å². The number of imide groups is 1. The van der Waals surface area contributed by atoms with Gasteiger partial charge in [0, 0.05) is 16.8 Å². The largest absolute Gasteiger partial charge is 0.443 e. The molecule has 0 spiro atoms. The van der Waals surface area contributed by atoms with Gasteiger partial charge in [0.2, 0.25) is 0 Å². The highest BCUT2D eigenvalue weighted by atomic mass is 35.5. The highest BCUT2D eigenvalue weighted by Gasteiger charge is 2.33. The van der Waals surface area contributed by atoms with E-state index in [9.17, 15) is 13.8 Å². The van der Waals surface area contributed by atoms with Crippen LogP contribution in [0.3, 0.4) is 0 Å². The van der Waals surface area contributed by atoms with E-state index in [1.165, 1.54) is 24.4 Å². The zero-order valence-electron chi connectivity index (χ0n) is 19.0. The summed E-state index contributed by atoms with van der Waals surface area (Å²) < 4.78 is 26.5. The van der Waals surface area contributed by atoms with Crippen LogP contribution in [0.15, 0.2) is 22.6 Å². The molecule has 0 aromatic heterocycles. The van der Waals surface area contributed by atoms with E-state index in [0.29, 0.717) is 10.6 Å². The molecule has 0 aliphatic carbocycles. The number of halogens is 1. The number of hydrogen-bond acceptors (Lipinski definition) is 5. The first kappa shape index (κ1) is 26.1. The van der Waals surface area contributed by atoms with Crippen LogP contribution < -0.4 is 4.90 Å². The van der Waals surface area contributed by atoms with E-state index in [1.807, 2.05) is 0 Å². The summed E-state index contributed by atoms with van der Waals surface area (Å²) in [5.41, 5.74) is -1.07. The van der Waals surface area contributed by atoms with Crippen molar-refractivity contribution in [2.45, 2.75) is 78.3 Å². The highest BCUT2D eigenvalue weighted by molar-refractivity contribution is 7.85. The predicted molar refractivity (Wildman–Crippen MR) is 122 cm³/mol. The lowest BCUT2D eigenvalue weighted by Gasteiger charge is -2.28. The van der Waals surface area contributed by atoms with Crippen LogP contribution in [-0.4, -0.2) is 38.6 Å². The topological polar surface area (TPSA) is 85.3 Å². The number of anilines is 1. The number of rotatable bonds is 3. The molecule has 1 aromatic rings. The van der Waals surface area contributed by atoms with Gasteiger partial charge < -0.3 is 9.47 Å². The molecule has 0 saturated heterocycles. The van der Waals surface area contributed by atoms with Gasteiger partial charge in [-0.15, -0.1) is 0 Å². The fourth-order valence-corrected chi connectivity index (χ4v) is 2.62. The fourth-order valence-electron chi connectivity index (χ4n) is 1.93. The summed E-state index contributed by atoms with van der Waals surface area (Å²) in [7, 11) is -1.49. The third kappa shape index (κ3) is 8.44. The number of carbonyl (C=O) groups is 2. The number of carbonyl (C=O) groups excluding carboxylic acids is 2. The second-order valence-electron chi connectivity index (χ2n) is 9.60. The first-order valence-corrected chi connectivity index (χ1v) is 10.9. The van der Waals surface area contributed by atoms with Gasteiger partial charge in [-0.2, -0.15) is 9.30 Å². The quantitative estimate of drug-likeness (QED) is 0.526. The Morgan fingerprint density at radius 1 is 0.967 bits per heavy atom. The average Bonchev–Trinajstić information content (AvgIpc) is 2.50. The minimum Gasteiger partial charge on any atom is -0.443 e. The summed E-state index contributed by atoms with van der Waals surface area (Å²) in [6.45, 7) is 15.6. The molecule has 0 bridgehead atoms. The normalized spacial score (nSPS) is 13.8. The average molecular weight is 459 g/mol. The Balaban J connectivity index is 3.39. The van der Waals surface area contributed by atoms with E-state index in [-0.39, 0.29) is 5.69 Å². The van der Waals surface area contributed by atoms with Crippen molar-refractivity contribution in [2.75, 3.05) is 4.90 Å². The van der Waals surface area contributed by atoms with Crippen molar-refractivity contribution in [2.24, 2.45) is 4.40 Å². The van der Waals surface area contributed by atoms with E-state index in [4.69, 9.17) is 21.1 Å². The monoisotopic (exact) mass is 458 g/mol. The lowest BCUT2D eigenvalue weighted by atomic mass is 10.2. The summed E-state index contributed by atoms with van der Waals surface area (Å²) in [5, 5.41) is 0.321. The summed E-state index contributed by atoms with van der Waals surface area (Å²) in [6, 6.07) is 4.49. The number of ether oxygens (including phenoxy) is 2. The van der Waals surface area contributed by atoms with Crippen molar-refractivity contribution in [1.29, 1.82) is 0 Å². The molecule has 2 amide bonds. The van der Waals surface area contributed by atoms with Crippen molar-refractivity contribution in [1.82, 2.24) is 0 Å². The standard InChI is InChI=1S/C21H31ClN2O5S/c1-19(2,3)28-17(25)24(18(26)29-20(4,5)6)15-10-11-16(22)14(12-15)13-23-30(27)21(7,8)9/h10-13H,1-9H3/t30-/m0/s1. The van der Waals surface area contributed by atoms with Gasteiger partial charge in [-0.05, 0) is 80.5 Å². The zero-order valence-corrected chi connectivity index (χ0v) is 20.6. The second-order valence-corrected chi connectivity index (χ2v) is 11.9. The van der Waals surface area contributed by atoms with Gasteiger partial charge in [0.15, 0.2) is 0 Å². The van der Waals surface area contributed by atoms with E-state index < -0.39 is 39.1 Å². The van der Waals surface area contributed by atoms with Crippen LogP contribution in [0.4, 0.5) is 15.3 Å². The van der Waals surface area contributed by atoms with Crippen LogP contribution >= 0.6 is 11.6 Å². The Hall–Kier alpha value is -1.93. The molecule has 1 aromatic carbocycles. The van der Waals surface area contributed by atoms with Crippen molar-refractivity contribution in [3.05, 3.63) is 28.8 Å². The van der Waals surface area contributed by atoms with E-state index >= 15 is 0 Å². The molecule has 9 heteroatoms. The van der Waals surface area contributed by atoms with Gasteiger partial charge in [-0.25, -0.2) is 13.8 Å². The van der Waals surface area contributed by atoms with Gasteiger partial charge in [0.25, 0.3) is 0 Å². The van der Waals surface area contributed by atoms with Gasteiger partial charge in [-0.1, -0.05) is 11.6 Å². The Morgan fingerprint density at radius 3 is 1.83 bits per heavy atom. The molecule has 0 N–H and O–H groups in total. The Labute approximate surface area is 186 Å². The van der Waals surface area contributed by atoms with Crippen molar-refractivity contribution in [3.8, 4) is 0 Å². The number of hydrogen-bond donors (Lipinski definition) is 0. The number of nitrogens with zero attached hydrogens (tertiary/aromatic N) is 2. The van der Waals surface area contributed by atoms with Crippen LogP contribution in [0, 0.1) is 0 Å². The molecule has 0 fully saturated rings. The first-order chi connectivity index (χ1) is 13.4. The van der Waals surface area contributed by atoms with Gasteiger partial charge in [0.1, 0.15) is 22.2 Å². The van der Waals surface area contributed by atoms with Crippen LogP contribution in [0.5, 0.6) is 0 Å². The summed E-state index contributed by atoms with van der Waals surface area (Å²) in [4.78, 5) is 26.3. The Bertz CT molecular complexity index is 820. The van der Waals surface area contributed by atoms with Crippen molar-refractivity contribution < 1.29 is 23.3 Å². The molecule has 0 aliphatic rings. The second kappa shape index (κ2) is 9.47. The molecule has 0 radical (unpaired) electrons. The van der Waals surface area contributed by atoms with Crippen LogP contribution in [-0.2, 0) is 20.5 Å². The molecular formula is C21H31ClN2O5S. The molecule has 0 heterocycles. The van der Waals surface area contributed by atoms with Crippen LogP contribution in [0.2, 0.25) is 5.02 Å². The molecule has 1 rings (SSSR count). The van der Waals surface area contributed by atoms with Crippen LogP contribution in [0.25, 0.3) is 0 Å². The minimum atomic E-state index is -1.49. The molecule has 168 valence electrons. The van der Waals surface area contributed by atoms with E-state index in [1.54, 1.807) is 62.3 Å². The van der Waals surface area contributed by atoms with Crippen molar-refractivity contribution in [3.63, 3.8) is 0 Å². The summed E-state index contributed by atoms with van der Waals surface area (Å²) in [6.07, 6.45) is -0.421. The summed E-state index contributed by atoms with van der Waals surface area (Å²) in [5.74, 6) is 0. The fraction of sp³-hybridized carbons (Fsp3) is 0.571. The lowest BCUT2D eigenvalue weighted by Crippen LogP contribution is -2.43. The van der Waals surface area contributed by atoms with Gasteiger partial charge in [0.05, 0.1) is 10.4 Å². The Kier molecular flexibility index (Phi) is 8.24. The summed E-state index contributed by atoms with van der Waals surface area (Å²) >= 11 is 6.23.